The lowest BCUT2D eigenvalue weighted by Gasteiger charge is -2.40. The number of benzene rings is 3. The Balaban J connectivity index is 1.23. The van der Waals surface area contributed by atoms with Gasteiger partial charge in [0.25, 0.3) is 0 Å². The van der Waals surface area contributed by atoms with Crippen molar-refractivity contribution < 1.29 is 0 Å². The van der Waals surface area contributed by atoms with Gasteiger partial charge in [-0.25, -0.2) is 0 Å². The molecule has 0 radical (unpaired) electrons. The fourth-order valence-electron chi connectivity index (χ4n) is 12.8. The second kappa shape index (κ2) is 19.2. The summed E-state index contributed by atoms with van der Waals surface area (Å²) in [7, 11) is 0. The first-order valence-electron chi connectivity index (χ1n) is 24.1. The molecule has 0 nitrogen and oxygen atoms in total. The lowest BCUT2D eigenvalue weighted by molar-refractivity contribution is 0.161. The van der Waals surface area contributed by atoms with Gasteiger partial charge in [-0.1, -0.05) is 154 Å². The molecule has 8 rings (SSSR count). The van der Waals surface area contributed by atoms with E-state index < -0.39 is 0 Å². The van der Waals surface area contributed by atoms with Crippen LogP contribution < -0.4 is 10.4 Å². The Bertz CT molecular complexity index is 2510. The van der Waals surface area contributed by atoms with E-state index in [9.17, 15) is 0 Å². The molecule has 2 bridgehead atoms. The van der Waals surface area contributed by atoms with Gasteiger partial charge in [0.15, 0.2) is 0 Å². The second-order valence-electron chi connectivity index (χ2n) is 20.0. The summed E-state index contributed by atoms with van der Waals surface area (Å²) in [6.07, 6.45) is 34.5. The summed E-state index contributed by atoms with van der Waals surface area (Å²) in [5.74, 6) is 3.71. The molecular weight excluding hydrogens is 768 g/mol. The number of hydrogen-bond donors (Lipinski definition) is 0. The van der Waals surface area contributed by atoms with Crippen molar-refractivity contribution >= 4 is 34.0 Å². The van der Waals surface area contributed by atoms with Crippen molar-refractivity contribution in [2.24, 2.45) is 40.9 Å². The maximum absolute atomic E-state index is 6.51. The lowest BCUT2D eigenvalue weighted by Crippen LogP contribution is -2.33. The molecule has 5 aliphatic rings. The molecule has 0 saturated heterocycles. The molecule has 3 aromatic rings. The van der Waals surface area contributed by atoms with E-state index >= 15 is 0 Å². The SMILES string of the molecule is C=C/C=c1/ccc(-c2ccc3ccccc3c2)c/c1=C1/CC(CCC2CCC(C3CCC(Cl)CC3)CC2)CC(=C/C)/C1=C1/C=C2CC(C)(C1=C)C(/C(=C/C=C\C)C(=C)C)C2C=C. The zero-order chi connectivity index (χ0) is 43.5. The van der Waals surface area contributed by atoms with Crippen molar-refractivity contribution in [3.05, 3.63) is 179 Å². The van der Waals surface area contributed by atoms with Crippen molar-refractivity contribution in [3.8, 4) is 11.1 Å². The molecule has 1 heteroatoms. The van der Waals surface area contributed by atoms with Crippen LogP contribution >= 0.6 is 11.6 Å². The molecule has 4 fully saturated rings. The van der Waals surface area contributed by atoms with E-state index in [1.165, 1.54) is 136 Å². The van der Waals surface area contributed by atoms with Gasteiger partial charge in [-0.3, -0.25) is 0 Å². The lowest BCUT2D eigenvalue weighted by atomic mass is 9.63. The number of rotatable bonds is 10. The molecule has 0 aromatic heterocycles. The first-order chi connectivity index (χ1) is 30.1. The molecule has 0 spiro atoms. The molecule has 3 aromatic carbocycles. The minimum absolute atomic E-state index is 0.163. The molecule has 4 unspecified atom stereocenters. The van der Waals surface area contributed by atoms with Gasteiger partial charge in [0.1, 0.15) is 0 Å². The van der Waals surface area contributed by atoms with E-state index in [1.807, 2.05) is 6.08 Å². The van der Waals surface area contributed by atoms with Crippen LogP contribution in [-0.2, 0) is 0 Å². The van der Waals surface area contributed by atoms with Crippen LogP contribution in [-0.4, -0.2) is 5.38 Å². The van der Waals surface area contributed by atoms with Gasteiger partial charge in [0, 0.05) is 22.6 Å². The van der Waals surface area contributed by atoms with Gasteiger partial charge in [0.2, 0.25) is 0 Å². The smallest absolute Gasteiger partial charge is 0.0336 e. The average molecular weight is 840 g/mol. The minimum atomic E-state index is -0.163. The minimum Gasteiger partial charge on any atom is -0.123 e. The predicted octanol–water partition coefficient (Wildman–Crippen LogP) is 16.1. The molecule has 62 heavy (non-hydrogen) atoms. The highest BCUT2D eigenvalue weighted by atomic mass is 35.5. The van der Waals surface area contributed by atoms with Crippen molar-refractivity contribution in [2.45, 2.75) is 117 Å². The van der Waals surface area contributed by atoms with Crippen LogP contribution in [0.4, 0.5) is 0 Å². The molecule has 0 N–H and O–H groups in total. The third-order valence-electron chi connectivity index (χ3n) is 16.2. The van der Waals surface area contributed by atoms with Crippen LogP contribution in [0.2, 0.25) is 0 Å². The number of halogens is 1. The Morgan fingerprint density at radius 1 is 0.823 bits per heavy atom. The number of allylic oxidation sites excluding steroid dienone is 14. The largest absolute Gasteiger partial charge is 0.123 e. The number of hydrogen-bond acceptors (Lipinski definition) is 0. The van der Waals surface area contributed by atoms with Crippen LogP contribution in [0.1, 0.15) is 111 Å². The van der Waals surface area contributed by atoms with E-state index in [-0.39, 0.29) is 17.3 Å². The van der Waals surface area contributed by atoms with Gasteiger partial charge in [-0.05, 0) is 187 Å². The Morgan fingerprint density at radius 2 is 1.50 bits per heavy atom. The van der Waals surface area contributed by atoms with Crippen molar-refractivity contribution in [1.29, 1.82) is 0 Å². The highest BCUT2D eigenvalue weighted by Crippen LogP contribution is 2.63. The second-order valence-corrected chi connectivity index (χ2v) is 20.6. The molecule has 4 atom stereocenters. The Labute approximate surface area is 379 Å². The summed E-state index contributed by atoms with van der Waals surface area (Å²) in [5.41, 5.74) is 13.2. The van der Waals surface area contributed by atoms with Gasteiger partial charge in [0.05, 0.1) is 0 Å². The van der Waals surface area contributed by atoms with E-state index in [4.69, 9.17) is 18.2 Å². The normalized spacial score (nSPS) is 32.4. The molecular formula is C61H71Cl. The predicted molar refractivity (Wildman–Crippen MR) is 271 cm³/mol. The van der Waals surface area contributed by atoms with Crippen molar-refractivity contribution in [2.75, 3.05) is 0 Å². The van der Waals surface area contributed by atoms with Crippen molar-refractivity contribution in [3.63, 3.8) is 0 Å². The number of fused-ring (bicyclic) bond motifs is 3. The summed E-state index contributed by atoms with van der Waals surface area (Å²) in [6.45, 7) is 27.3. The Kier molecular flexibility index (Phi) is 13.7. The highest BCUT2D eigenvalue weighted by Gasteiger charge is 2.53. The topological polar surface area (TPSA) is 0 Å². The van der Waals surface area contributed by atoms with E-state index in [0.717, 1.165) is 42.6 Å². The monoisotopic (exact) mass is 839 g/mol. The first-order valence-corrected chi connectivity index (χ1v) is 24.5. The zero-order valence-electron chi connectivity index (χ0n) is 38.3. The van der Waals surface area contributed by atoms with Crippen LogP contribution in [0.3, 0.4) is 0 Å². The highest BCUT2D eigenvalue weighted by molar-refractivity contribution is 6.20. The zero-order valence-corrected chi connectivity index (χ0v) is 39.1. The summed E-state index contributed by atoms with van der Waals surface area (Å²) in [6, 6.07) is 22.8. The molecule has 0 heterocycles. The molecule has 0 aliphatic heterocycles. The standard InChI is InChI=1S/C61H71Cl/c1-9-13-19-55(40(5)6)60-54(12-4)52-38-56(41(7)61(60,8)39-52)59-44(11-3)34-43(21-20-42-22-24-46(25-23-42)47-30-32-53(62)33-31-47)35-58(59)57-37-51(29-27-48(57)16-10-2)50-28-26-45-17-14-15-18-49(45)36-50/h9-19,26-29,36-38,42-43,46-47,53-54,60H,2,4-5,7,20-25,30-35,39H2,1,3,6,8H3/b13-9-,44-11-,48-16-,55-19+,58-57+,59-56+. The van der Waals surface area contributed by atoms with E-state index in [1.54, 1.807) is 0 Å². The third kappa shape index (κ3) is 8.76. The maximum atomic E-state index is 6.51. The number of alkyl halides is 1. The van der Waals surface area contributed by atoms with Crippen LogP contribution in [0.25, 0.3) is 33.5 Å². The Hall–Kier alpha value is -4.39. The van der Waals surface area contributed by atoms with Crippen molar-refractivity contribution in [1.82, 2.24) is 0 Å². The molecule has 322 valence electrons. The average Bonchev–Trinajstić information content (AvgIpc) is 3.54. The van der Waals surface area contributed by atoms with E-state index in [0.29, 0.717) is 11.3 Å². The van der Waals surface area contributed by atoms with Crippen LogP contribution in [0.15, 0.2) is 169 Å². The van der Waals surface area contributed by atoms with Gasteiger partial charge in [-0.2, -0.15) is 0 Å². The summed E-state index contributed by atoms with van der Waals surface area (Å²) in [5, 5.41) is 5.52. The fraction of sp³-hybridized carbons (Fsp3) is 0.410. The first kappa shape index (κ1) is 44.2. The van der Waals surface area contributed by atoms with Gasteiger partial charge < -0.3 is 0 Å². The molecule has 4 saturated carbocycles. The fourth-order valence-corrected chi connectivity index (χ4v) is 13.0. The van der Waals surface area contributed by atoms with Crippen LogP contribution in [0.5, 0.6) is 0 Å². The summed E-state index contributed by atoms with van der Waals surface area (Å²) >= 11 is 6.51. The third-order valence-corrected chi connectivity index (χ3v) is 16.6. The quantitative estimate of drug-likeness (QED) is 0.108. The summed E-state index contributed by atoms with van der Waals surface area (Å²) < 4.78 is 0. The maximum Gasteiger partial charge on any atom is 0.0336 e. The van der Waals surface area contributed by atoms with Gasteiger partial charge >= 0.3 is 0 Å². The van der Waals surface area contributed by atoms with Gasteiger partial charge in [-0.15, -0.1) is 18.2 Å². The molecule has 5 aliphatic carbocycles. The molecule has 0 amide bonds. The summed E-state index contributed by atoms with van der Waals surface area (Å²) in [4.78, 5) is 0. The van der Waals surface area contributed by atoms with E-state index in [2.05, 4.69) is 151 Å². The van der Waals surface area contributed by atoms with Crippen LogP contribution in [0, 0.1) is 40.9 Å². The Morgan fingerprint density at radius 3 is 2.18 bits per heavy atom.